The summed E-state index contributed by atoms with van der Waals surface area (Å²) in [5, 5.41) is 3.76. The van der Waals surface area contributed by atoms with E-state index in [1.807, 2.05) is 0 Å². The standard InChI is InChI=1S/C15H27NO/c1-12-7-13(2)9-14(8-12)10-16-15(3)5-4-6-17-11-15/h7,12,14,16H,4-6,8-11H2,1-3H3. The fraction of sp³-hybridized carbons (Fsp3) is 0.867. The third kappa shape index (κ3) is 3.82. The smallest absolute Gasteiger partial charge is 0.0645 e. The van der Waals surface area contributed by atoms with Crippen molar-refractivity contribution in [2.24, 2.45) is 11.8 Å². The molecule has 1 heterocycles. The first kappa shape index (κ1) is 13.1. The maximum atomic E-state index is 5.59. The third-order valence-corrected chi connectivity index (χ3v) is 4.14. The molecule has 1 aliphatic carbocycles. The first-order valence-corrected chi connectivity index (χ1v) is 7.07. The van der Waals surface area contributed by atoms with E-state index < -0.39 is 0 Å². The van der Waals surface area contributed by atoms with Crippen LogP contribution in [0.4, 0.5) is 0 Å². The van der Waals surface area contributed by atoms with Crippen molar-refractivity contribution in [1.29, 1.82) is 0 Å². The summed E-state index contributed by atoms with van der Waals surface area (Å²) < 4.78 is 5.59. The number of allylic oxidation sites excluding steroid dienone is 2. The monoisotopic (exact) mass is 237 g/mol. The van der Waals surface area contributed by atoms with E-state index in [2.05, 4.69) is 32.2 Å². The second-order valence-electron chi connectivity index (χ2n) is 6.39. The molecule has 1 N–H and O–H groups in total. The van der Waals surface area contributed by atoms with E-state index in [1.165, 1.54) is 25.7 Å². The second kappa shape index (κ2) is 5.53. The van der Waals surface area contributed by atoms with Crippen molar-refractivity contribution >= 4 is 0 Å². The van der Waals surface area contributed by atoms with Crippen LogP contribution in [0.25, 0.3) is 0 Å². The predicted molar refractivity (Wildman–Crippen MR) is 72.1 cm³/mol. The molecule has 1 aliphatic heterocycles. The molecule has 2 aliphatic rings. The van der Waals surface area contributed by atoms with E-state index >= 15 is 0 Å². The molecule has 2 heteroatoms. The lowest BCUT2D eigenvalue weighted by atomic mass is 9.83. The molecule has 98 valence electrons. The molecule has 0 spiro atoms. The molecule has 1 saturated heterocycles. The van der Waals surface area contributed by atoms with E-state index in [9.17, 15) is 0 Å². The Morgan fingerprint density at radius 1 is 1.53 bits per heavy atom. The fourth-order valence-corrected chi connectivity index (χ4v) is 3.31. The maximum absolute atomic E-state index is 5.59. The molecule has 2 rings (SSSR count). The van der Waals surface area contributed by atoms with Gasteiger partial charge in [0.25, 0.3) is 0 Å². The Morgan fingerprint density at radius 3 is 3.00 bits per heavy atom. The Kier molecular flexibility index (Phi) is 4.26. The van der Waals surface area contributed by atoms with Crippen molar-refractivity contribution in [3.8, 4) is 0 Å². The minimum atomic E-state index is 0.219. The fourth-order valence-electron chi connectivity index (χ4n) is 3.31. The van der Waals surface area contributed by atoms with Crippen LogP contribution in [0.1, 0.15) is 46.5 Å². The highest BCUT2D eigenvalue weighted by molar-refractivity contribution is 5.06. The molecule has 0 amide bonds. The predicted octanol–water partition coefficient (Wildman–Crippen LogP) is 3.14. The van der Waals surface area contributed by atoms with E-state index in [0.29, 0.717) is 0 Å². The van der Waals surface area contributed by atoms with Crippen LogP contribution in [0.2, 0.25) is 0 Å². The summed E-state index contributed by atoms with van der Waals surface area (Å²) in [5.41, 5.74) is 1.79. The van der Waals surface area contributed by atoms with E-state index in [1.54, 1.807) is 5.57 Å². The summed E-state index contributed by atoms with van der Waals surface area (Å²) >= 11 is 0. The molecule has 2 nitrogen and oxygen atoms in total. The van der Waals surface area contributed by atoms with E-state index in [0.717, 1.165) is 31.6 Å². The second-order valence-corrected chi connectivity index (χ2v) is 6.39. The molecule has 0 aromatic carbocycles. The van der Waals surface area contributed by atoms with Crippen LogP contribution < -0.4 is 5.32 Å². The molecule has 0 aromatic heterocycles. The first-order valence-electron chi connectivity index (χ1n) is 7.07. The van der Waals surface area contributed by atoms with Gasteiger partial charge in [0, 0.05) is 12.1 Å². The zero-order chi connectivity index (χ0) is 12.3. The molecular weight excluding hydrogens is 210 g/mol. The number of hydrogen-bond donors (Lipinski definition) is 1. The van der Waals surface area contributed by atoms with Gasteiger partial charge in [-0.2, -0.15) is 0 Å². The van der Waals surface area contributed by atoms with Gasteiger partial charge in [0.2, 0.25) is 0 Å². The van der Waals surface area contributed by atoms with Crippen LogP contribution in [-0.2, 0) is 4.74 Å². The van der Waals surface area contributed by atoms with Crippen molar-refractivity contribution < 1.29 is 4.74 Å². The molecule has 0 bridgehead atoms. The zero-order valence-corrected chi connectivity index (χ0v) is 11.6. The highest BCUT2D eigenvalue weighted by Crippen LogP contribution is 2.28. The van der Waals surface area contributed by atoms with Gasteiger partial charge in [-0.05, 0) is 57.9 Å². The van der Waals surface area contributed by atoms with Crippen molar-refractivity contribution in [3.05, 3.63) is 11.6 Å². The zero-order valence-electron chi connectivity index (χ0n) is 11.6. The number of hydrogen-bond acceptors (Lipinski definition) is 2. The third-order valence-electron chi connectivity index (χ3n) is 4.14. The average molecular weight is 237 g/mol. The summed E-state index contributed by atoms with van der Waals surface area (Å²) in [4.78, 5) is 0. The van der Waals surface area contributed by atoms with Crippen LogP contribution in [-0.4, -0.2) is 25.3 Å². The highest BCUT2D eigenvalue weighted by atomic mass is 16.5. The van der Waals surface area contributed by atoms with E-state index in [4.69, 9.17) is 4.74 Å². The number of ether oxygens (including phenoxy) is 1. The van der Waals surface area contributed by atoms with Crippen molar-refractivity contribution in [3.63, 3.8) is 0 Å². The van der Waals surface area contributed by atoms with Gasteiger partial charge in [0.1, 0.15) is 0 Å². The average Bonchev–Trinajstić information content (AvgIpc) is 2.26. The Hall–Kier alpha value is -0.340. The lowest BCUT2D eigenvalue weighted by Crippen LogP contribution is -2.50. The maximum Gasteiger partial charge on any atom is 0.0645 e. The van der Waals surface area contributed by atoms with Crippen LogP contribution in [0.3, 0.4) is 0 Å². The van der Waals surface area contributed by atoms with Gasteiger partial charge < -0.3 is 10.1 Å². The molecule has 0 radical (unpaired) electrons. The molecule has 0 aromatic rings. The van der Waals surface area contributed by atoms with Gasteiger partial charge in [-0.1, -0.05) is 18.6 Å². The Morgan fingerprint density at radius 2 is 2.35 bits per heavy atom. The van der Waals surface area contributed by atoms with Gasteiger partial charge in [0.15, 0.2) is 0 Å². The van der Waals surface area contributed by atoms with Gasteiger partial charge in [-0.15, -0.1) is 0 Å². The summed E-state index contributed by atoms with van der Waals surface area (Å²) in [5.74, 6) is 1.57. The Bertz CT molecular complexity index is 279. The van der Waals surface area contributed by atoms with Crippen molar-refractivity contribution in [2.75, 3.05) is 19.8 Å². The van der Waals surface area contributed by atoms with Crippen LogP contribution in [0, 0.1) is 11.8 Å². The van der Waals surface area contributed by atoms with Crippen LogP contribution in [0.15, 0.2) is 11.6 Å². The number of nitrogens with one attached hydrogen (secondary N) is 1. The molecule has 17 heavy (non-hydrogen) atoms. The van der Waals surface area contributed by atoms with Gasteiger partial charge in [0.05, 0.1) is 6.61 Å². The van der Waals surface area contributed by atoms with Crippen LogP contribution in [0.5, 0.6) is 0 Å². The molecule has 1 fully saturated rings. The highest BCUT2D eigenvalue weighted by Gasteiger charge is 2.28. The van der Waals surface area contributed by atoms with E-state index in [-0.39, 0.29) is 5.54 Å². The summed E-state index contributed by atoms with van der Waals surface area (Å²) in [6.45, 7) is 9.88. The molecule has 3 atom stereocenters. The SMILES string of the molecule is CC1=CC(C)CC(CNC2(C)CCCOC2)C1. The number of rotatable bonds is 3. The quantitative estimate of drug-likeness (QED) is 0.761. The lowest BCUT2D eigenvalue weighted by molar-refractivity contribution is 0.0264. The Balaban J connectivity index is 1.80. The van der Waals surface area contributed by atoms with Crippen LogP contribution >= 0.6 is 0 Å². The summed E-state index contributed by atoms with van der Waals surface area (Å²) in [7, 11) is 0. The van der Waals surface area contributed by atoms with Crippen molar-refractivity contribution in [2.45, 2.75) is 52.0 Å². The molecular formula is C15H27NO. The minimum absolute atomic E-state index is 0.219. The van der Waals surface area contributed by atoms with Gasteiger partial charge in [-0.3, -0.25) is 0 Å². The van der Waals surface area contributed by atoms with Crippen molar-refractivity contribution in [1.82, 2.24) is 5.32 Å². The minimum Gasteiger partial charge on any atom is -0.380 e. The molecule has 3 unspecified atom stereocenters. The summed E-state index contributed by atoms with van der Waals surface area (Å²) in [6, 6.07) is 0. The van der Waals surface area contributed by atoms with Gasteiger partial charge in [-0.25, -0.2) is 0 Å². The lowest BCUT2D eigenvalue weighted by Gasteiger charge is -2.37. The normalized spacial score (nSPS) is 38.9. The summed E-state index contributed by atoms with van der Waals surface area (Å²) in [6.07, 6.45) is 7.49. The topological polar surface area (TPSA) is 21.3 Å². The largest absolute Gasteiger partial charge is 0.380 e. The Labute approximate surface area is 106 Å². The molecule has 0 saturated carbocycles. The first-order chi connectivity index (χ1) is 8.07. The van der Waals surface area contributed by atoms with Gasteiger partial charge >= 0.3 is 0 Å².